The second-order valence-electron chi connectivity index (χ2n) is 7.66. The Kier molecular flexibility index (Phi) is 6.85. The Morgan fingerprint density at radius 2 is 1.97 bits per heavy atom. The minimum atomic E-state index is -0.543. The van der Waals surface area contributed by atoms with E-state index in [0.29, 0.717) is 24.7 Å². The fourth-order valence-electron chi connectivity index (χ4n) is 3.95. The van der Waals surface area contributed by atoms with Crippen molar-refractivity contribution in [3.8, 4) is 0 Å². The number of amides is 1. The van der Waals surface area contributed by atoms with E-state index in [1.165, 1.54) is 37.8 Å². The Hall–Kier alpha value is -2.90. The van der Waals surface area contributed by atoms with Gasteiger partial charge in [0.1, 0.15) is 5.69 Å². The van der Waals surface area contributed by atoms with Crippen molar-refractivity contribution in [2.75, 3.05) is 11.9 Å². The van der Waals surface area contributed by atoms with Gasteiger partial charge in [-0.15, -0.1) is 0 Å². The average molecular weight is 399 g/mol. The van der Waals surface area contributed by atoms with Crippen LogP contribution >= 0.6 is 0 Å². The van der Waals surface area contributed by atoms with Gasteiger partial charge in [0.25, 0.3) is 5.91 Å². The number of nitro groups is 1. The summed E-state index contributed by atoms with van der Waals surface area (Å²) in [6.45, 7) is 2.21. The third kappa shape index (κ3) is 4.93. The quantitative estimate of drug-likeness (QED) is 0.516. The van der Waals surface area contributed by atoms with Crippen LogP contribution in [0.4, 0.5) is 11.4 Å². The molecule has 3 rings (SSSR count). The number of aromatic amines is 1. The molecule has 0 aliphatic heterocycles. The Bertz CT molecular complexity index is 841. The highest BCUT2D eigenvalue weighted by atomic mass is 16.6. The van der Waals surface area contributed by atoms with Crippen molar-refractivity contribution in [3.05, 3.63) is 51.3 Å². The predicted molar refractivity (Wildman–Crippen MR) is 112 cm³/mol. The third-order valence-electron chi connectivity index (χ3n) is 5.63. The van der Waals surface area contributed by atoms with Gasteiger partial charge in [-0.3, -0.25) is 20.0 Å². The molecule has 2 N–H and O–H groups in total. The molecule has 0 spiro atoms. The number of carbonyl (C=O) groups is 1. The van der Waals surface area contributed by atoms with Gasteiger partial charge in [-0.05, 0) is 37.0 Å². The maximum atomic E-state index is 12.4. The molecule has 1 aromatic heterocycles. The largest absolute Gasteiger partial charge is 0.372 e. The normalized spacial score (nSPS) is 14.6. The molecule has 1 aromatic carbocycles. The molecule has 1 saturated carbocycles. The van der Waals surface area contributed by atoms with Crippen molar-refractivity contribution >= 4 is 17.3 Å². The zero-order valence-corrected chi connectivity index (χ0v) is 17.1. The van der Waals surface area contributed by atoms with E-state index in [1.54, 1.807) is 0 Å². The molecule has 0 atom stereocenters. The first-order valence-corrected chi connectivity index (χ1v) is 10.3. The summed E-state index contributed by atoms with van der Waals surface area (Å²) in [6, 6.07) is 8.68. The summed E-state index contributed by atoms with van der Waals surface area (Å²) < 4.78 is 0. The lowest BCUT2D eigenvalue weighted by molar-refractivity contribution is -0.385. The van der Waals surface area contributed by atoms with Crippen LogP contribution in [-0.4, -0.2) is 34.1 Å². The average Bonchev–Trinajstić information content (AvgIpc) is 3.17. The van der Waals surface area contributed by atoms with Gasteiger partial charge < -0.3 is 10.2 Å². The smallest absolute Gasteiger partial charge is 0.322 e. The summed E-state index contributed by atoms with van der Waals surface area (Å²) in [6.07, 6.45) is 7.58. The molecule has 156 valence electrons. The first-order chi connectivity index (χ1) is 14.0. The fraction of sp³-hybridized carbons (Fsp3) is 0.524. The number of H-pyrrole nitrogens is 1. The number of carbonyl (C=O) groups excluding carboxylic acids is 1. The van der Waals surface area contributed by atoms with Crippen LogP contribution in [0.25, 0.3) is 0 Å². The highest BCUT2D eigenvalue weighted by Gasteiger charge is 2.28. The van der Waals surface area contributed by atoms with Gasteiger partial charge >= 0.3 is 5.69 Å². The molecule has 1 heterocycles. The Balaban J connectivity index is 1.61. The van der Waals surface area contributed by atoms with E-state index in [2.05, 4.69) is 39.6 Å². The van der Waals surface area contributed by atoms with Gasteiger partial charge in [0.2, 0.25) is 5.69 Å². The highest BCUT2D eigenvalue weighted by Crippen LogP contribution is 2.26. The van der Waals surface area contributed by atoms with Crippen LogP contribution in [0.15, 0.2) is 24.3 Å². The molecule has 1 aliphatic carbocycles. The van der Waals surface area contributed by atoms with Gasteiger partial charge in [0, 0.05) is 25.3 Å². The predicted octanol–water partition coefficient (Wildman–Crippen LogP) is 3.97. The molecule has 2 aromatic rings. The van der Waals surface area contributed by atoms with Crippen LogP contribution < -0.4 is 10.2 Å². The number of rotatable bonds is 8. The summed E-state index contributed by atoms with van der Waals surface area (Å²) in [5, 5.41) is 20.6. The van der Waals surface area contributed by atoms with Crippen molar-refractivity contribution < 1.29 is 9.72 Å². The Morgan fingerprint density at radius 3 is 2.59 bits per heavy atom. The minimum Gasteiger partial charge on any atom is -0.372 e. The maximum absolute atomic E-state index is 12.4. The molecule has 0 radical (unpaired) electrons. The van der Waals surface area contributed by atoms with E-state index in [1.807, 2.05) is 19.1 Å². The Labute approximate surface area is 170 Å². The summed E-state index contributed by atoms with van der Waals surface area (Å²) in [5.41, 5.74) is 2.10. The molecule has 29 heavy (non-hydrogen) atoms. The molecule has 0 saturated heterocycles. The number of aromatic nitrogens is 2. The summed E-state index contributed by atoms with van der Waals surface area (Å²) in [7, 11) is 2.14. The molecule has 0 bridgehead atoms. The fourth-order valence-corrected chi connectivity index (χ4v) is 3.95. The van der Waals surface area contributed by atoms with Gasteiger partial charge in [0.15, 0.2) is 0 Å². The van der Waals surface area contributed by atoms with E-state index >= 15 is 0 Å². The van der Waals surface area contributed by atoms with Crippen molar-refractivity contribution in [2.24, 2.45) is 0 Å². The minimum absolute atomic E-state index is 0.160. The van der Waals surface area contributed by atoms with Crippen LogP contribution in [0.1, 0.15) is 67.2 Å². The van der Waals surface area contributed by atoms with Gasteiger partial charge in [-0.25, -0.2) is 0 Å². The van der Waals surface area contributed by atoms with Gasteiger partial charge in [-0.2, -0.15) is 5.10 Å². The van der Waals surface area contributed by atoms with E-state index < -0.39 is 10.8 Å². The standard InChI is InChI=1S/C21H29N5O3/c1-3-7-18-20(26(28)29)19(24-23-18)21(27)22-14-15-10-12-17(13-11-15)25(2)16-8-5-4-6-9-16/h10-13,16H,3-9,14H2,1-2H3,(H,22,27)(H,23,24). The van der Waals surface area contributed by atoms with Gasteiger partial charge in [-0.1, -0.05) is 44.7 Å². The van der Waals surface area contributed by atoms with Crippen LogP contribution in [-0.2, 0) is 13.0 Å². The maximum Gasteiger partial charge on any atom is 0.322 e. The lowest BCUT2D eigenvalue weighted by Crippen LogP contribution is -2.33. The van der Waals surface area contributed by atoms with Crippen molar-refractivity contribution in [3.63, 3.8) is 0 Å². The summed E-state index contributed by atoms with van der Waals surface area (Å²) >= 11 is 0. The van der Waals surface area contributed by atoms with E-state index in [-0.39, 0.29) is 11.4 Å². The number of benzene rings is 1. The Morgan fingerprint density at radius 1 is 1.28 bits per heavy atom. The number of anilines is 1. The molecular formula is C21H29N5O3. The second-order valence-corrected chi connectivity index (χ2v) is 7.66. The highest BCUT2D eigenvalue weighted by molar-refractivity contribution is 5.96. The number of hydrogen-bond donors (Lipinski definition) is 2. The van der Waals surface area contributed by atoms with E-state index in [0.717, 1.165) is 12.0 Å². The van der Waals surface area contributed by atoms with E-state index in [9.17, 15) is 14.9 Å². The lowest BCUT2D eigenvalue weighted by Gasteiger charge is -2.33. The SMILES string of the molecule is CCCc1[nH]nc(C(=O)NCc2ccc(N(C)C3CCCCC3)cc2)c1[N+](=O)[O-]. The van der Waals surface area contributed by atoms with Gasteiger partial charge in [0.05, 0.1) is 4.92 Å². The first-order valence-electron chi connectivity index (χ1n) is 10.3. The van der Waals surface area contributed by atoms with Crippen LogP contribution in [0.2, 0.25) is 0 Å². The number of hydrogen-bond acceptors (Lipinski definition) is 5. The van der Waals surface area contributed by atoms with Crippen LogP contribution in [0, 0.1) is 10.1 Å². The number of nitrogens with one attached hydrogen (secondary N) is 2. The molecule has 1 aliphatic rings. The topological polar surface area (TPSA) is 104 Å². The first kappa shape index (κ1) is 20.8. The number of nitrogens with zero attached hydrogens (tertiary/aromatic N) is 3. The second kappa shape index (κ2) is 9.54. The molecule has 8 heteroatoms. The molecule has 1 fully saturated rings. The van der Waals surface area contributed by atoms with Crippen LogP contribution in [0.3, 0.4) is 0 Å². The van der Waals surface area contributed by atoms with Crippen molar-refractivity contribution in [1.29, 1.82) is 0 Å². The zero-order valence-electron chi connectivity index (χ0n) is 17.1. The third-order valence-corrected chi connectivity index (χ3v) is 5.63. The summed E-state index contributed by atoms with van der Waals surface area (Å²) in [4.78, 5) is 25.6. The van der Waals surface area contributed by atoms with E-state index in [4.69, 9.17) is 0 Å². The van der Waals surface area contributed by atoms with Crippen LogP contribution in [0.5, 0.6) is 0 Å². The molecule has 1 amide bonds. The van der Waals surface area contributed by atoms with Crippen molar-refractivity contribution in [2.45, 2.75) is 64.5 Å². The summed E-state index contributed by atoms with van der Waals surface area (Å²) in [5.74, 6) is -0.543. The number of aryl methyl sites for hydroxylation is 1. The monoisotopic (exact) mass is 399 g/mol. The van der Waals surface area contributed by atoms with Crippen molar-refractivity contribution in [1.82, 2.24) is 15.5 Å². The molecular weight excluding hydrogens is 370 g/mol. The molecule has 8 nitrogen and oxygen atoms in total. The molecule has 0 unspecified atom stereocenters. The lowest BCUT2D eigenvalue weighted by atomic mass is 9.94. The zero-order chi connectivity index (χ0) is 20.8.